The highest BCUT2D eigenvalue weighted by atomic mass is 16.5. The van der Waals surface area contributed by atoms with Crippen molar-refractivity contribution >= 4 is 17.1 Å². The molecule has 34 heavy (non-hydrogen) atoms. The third kappa shape index (κ3) is 4.25. The largest absolute Gasteiger partial charge is 0.383 e. The standard InChI is InChI=1S/C27H34N6O/c1-19-22(23-16-32-33-24-12-8-7-11-21(23)24)15-28-17-25(19)31-18-27(34-2,26-29-13-14-30-26)20-9-5-3-4-6-10-20/h7-8,11-17,19-20,22,31H,3-6,9-10,18H2,1-2H3,(H,29,30)/t19?,22?,27-/m0/s1. The van der Waals surface area contributed by atoms with Crippen molar-refractivity contribution in [3.63, 3.8) is 0 Å². The fourth-order valence-electron chi connectivity index (χ4n) is 5.74. The van der Waals surface area contributed by atoms with Crippen molar-refractivity contribution in [1.29, 1.82) is 0 Å². The predicted octanol–water partition coefficient (Wildman–Crippen LogP) is 5.10. The summed E-state index contributed by atoms with van der Waals surface area (Å²) >= 11 is 0. The minimum absolute atomic E-state index is 0.117. The lowest BCUT2D eigenvalue weighted by Crippen LogP contribution is -2.47. The summed E-state index contributed by atoms with van der Waals surface area (Å²) in [6, 6.07) is 8.17. The molecule has 5 rings (SSSR count). The van der Waals surface area contributed by atoms with Gasteiger partial charge in [0.2, 0.25) is 0 Å². The molecule has 1 aliphatic heterocycles. The summed E-state index contributed by atoms with van der Waals surface area (Å²) in [4.78, 5) is 12.6. The van der Waals surface area contributed by atoms with Crippen LogP contribution in [0.5, 0.6) is 0 Å². The molecule has 2 aliphatic rings. The third-order valence-corrected chi connectivity index (χ3v) is 7.76. The first-order chi connectivity index (χ1) is 16.7. The highest BCUT2D eigenvalue weighted by Gasteiger charge is 2.43. The maximum absolute atomic E-state index is 6.33. The minimum Gasteiger partial charge on any atom is -0.383 e. The maximum atomic E-state index is 6.33. The zero-order valence-electron chi connectivity index (χ0n) is 20.1. The van der Waals surface area contributed by atoms with Gasteiger partial charge in [0.15, 0.2) is 0 Å². The predicted molar refractivity (Wildman–Crippen MR) is 134 cm³/mol. The number of aromatic nitrogens is 4. The van der Waals surface area contributed by atoms with Crippen LogP contribution in [-0.4, -0.2) is 40.0 Å². The number of ether oxygens (including phenoxy) is 1. The number of methoxy groups -OCH3 is 1. The molecule has 1 aromatic carbocycles. The van der Waals surface area contributed by atoms with E-state index >= 15 is 0 Å². The van der Waals surface area contributed by atoms with Gasteiger partial charge in [0.05, 0.1) is 18.3 Å². The van der Waals surface area contributed by atoms with Crippen molar-refractivity contribution < 1.29 is 4.74 Å². The van der Waals surface area contributed by atoms with Gasteiger partial charge in [0.1, 0.15) is 11.4 Å². The van der Waals surface area contributed by atoms with Gasteiger partial charge in [-0.15, -0.1) is 0 Å². The number of hydrogen-bond acceptors (Lipinski definition) is 6. The maximum Gasteiger partial charge on any atom is 0.145 e. The van der Waals surface area contributed by atoms with Crippen molar-refractivity contribution in [2.75, 3.05) is 13.7 Å². The Hall–Kier alpha value is -3.06. The zero-order chi connectivity index (χ0) is 23.4. The van der Waals surface area contributed by atoms with Crippen LogP contribution in [0.2, 0.25) is 0 Å². The number of nitrogens with one attached hydrogen (secondary N) is 2. The van der Waals surface area contributed by atoms with Crippen LogP contribution >= 0.6 is 0 Å². The summed E-state index contributed by atoms with van der Waals surface area (Å²) in [5.74, 6) is 1.64. The number of H-pyrrole nitrogens is 1. The summed E-state index contributed by atoms with van der Waals surface area (Å²) in [5.41, 5.74) is 2.67. The van der Waals surface area contributed by atoms with Gasteiger partial charge in [-0.3, -0.25) is 4.99 Å². The highest BCUT2D eigenvalue weighted by molar-refractivity contribution is 5.86. The number of aliphatic imine (C=N–C) groups is 1. The van der Waals surface area contributed by atoms with Crippen LogP contribution in [0.3, 0.4) is 0 Å². The highest BCUT2D eigenvalue weighted by Crippen LogP contribution is 2.40. The molecule has 3 heterocycles. The number of nitrogens with zero attached hydrogens (tertiary/aromatic N) is 4. The number of aromatic amines is 1. The summed E-state index contributed by atoms with van der Waals surface area (Å²) in [6.07, 6.45) is 17.0. The molecular formula is C27H34N6O. The molecule has 1 aliphatic carbocycles. The summed E-state index contributed by atoms with van der Waals surface area (Å²) in [7, 11) is 1.82. The number of rotatable bonds is 7. The van der Waals surface area contributed by atoms with Crippen molar-refractivity contribution in [3.05, 3.63) is 66.1 Å². The van der Waals surface area contributed by atoms with Crippen LogP contribution in [0.25, 0.3) is 10.9 Å². The van der Waals surface area contributed by atoms with Gasteiger partial charge in [-0.25, -0.2) is 4.98 Å². The second-order valence-corrected chi connectivity index (χ2v) is 9.59. The summed E-state index contributed by atoms with van der Waals surface area (Å²) in [5, 5.41) is 13.4. The van der Waals surface area contributed by atoms with E-state index in [0.717, 1.165) is 40.8 Å². The van der Waals surface area contributed by atoms with Gasteiger partial charge >= 0.3 is 0 Å². The van der Waals surface area contributed by atoms with E-state index in [0.29, 0.717) is 12.5 Å². The van der Waals surface area contributed by atoms with Crippen LogP contribution in [0, 0.1) is 11.8 Å². The Labute approximate surface area is 201 Å². The number of hydrogen-bond donors (Lipinski definition) is 2. The fourth-order valence-corrected chi connectivity index (χ4v) is 5.74. The molecule has 2 unspecified atom stereocenters. The molecule has 7 nitrogen and oxygen atoms in total. The fraction of sp³-hybridized carbons (Fsp3) is 0.481. The van der Waals surface area contributed by atoms with Gasteiger partial charge in [-0.05, 0) is 30.4 Å². The molecule has 1 fully saturated rings. The van der Waals surface area contributed by atoms with E-state index < -0.39 is 5.60 Å². The molecule has 0 saturated heterocycles. The van der Waals surface area contributed by atoms with Crippen molar-refractivity contribution in [2.45, 2.75) is 57.0 Å². The van der Waals surface area contributed by atoms with Crippen LogP contribution in [-0.2, 0) is 10.3 Å². The minimum atomic E-state index is -0.504. The van der Waals surface area contributed by atoms with Gasteiger partial charge in [0.25, 0.3) is 0 Å². The Kier molecular flexibility index (Phi) is 6.72. The van der Waals surface area contributed by atoms with Crippen LogP contribution in [0.15, 0.2) is 59.7 Å². The lowest BCUT2D eigenvalue weighted by molar-refractivity contribution is -0.0732. The average Bonchev–Trinajstić information content (AvgIpc) is 3.28. The molecule has 0 bridgehead atoms. The topological polar surface area (TPSA) is 88.1 Å². The molecule has 0 radical (unpaired) electrons. The lowest BCUT2D eigenvalue weighted by atomic mass is 9.80. The molecule has 3 aromatic rings. The second-order valence-electron chi connectivity index (χ2n) is 9.59. The zero-order valence-corrected chi connectivity index (χ0v) is 20.1. The molecule has 3 atom stereocenters. The number of benzene rings is 1. The van der Waals surface area contributed by atoms with Crippen LogP contribution < -0.4 is 5.32 Å². The molecule has 7 heteroatoms. The molecule has 0 spiro atoms. The van der Waals surface area contributed by atoms with Crippen molar-refractivity contribution in [1.82, 2.24) is 25.5 Å². The van der Waals surface area contributed by atoms with Gasteiger partial charge < -0.3 is 15.0 Å². The van der Waals surface area contributed by atoms with E-state index in [1.165, 1.54) is 25.7 Å². The third-order valence-electron chi connectivity index (χ3n) is 7.76. The molecular weight excluding hydrogens is 424 g/mol. The normalized spacial score (nSPS) is 23.3. The quantitative estimate of drug-likeness (QED) is 0.481. The van der Waals surface area contributed by atoms with Crippen LogP contribution in [0.1, 0.15) is 62.8 Å². The Morgan fingerprint density at radius 3 is 2.74 bits per heavy atom. The SMILES string of the molecule is CO[C@](CNC1=CN=CC(c2cnnc3ccccc23)C1C)(c1ncc[nH]1)C1CCCCCC1. The lowest BCUT2D eigenvalue weighted by Gasteiger charge is -2.39. The van der Waals surface area contributed by atoms with E-state index in [-0.39, 0.29) is 11.8 Å². The number of allylic oxidation sites excluding steroid dienone is 1. The average molecular weight is 459 g/mol. The summed E-state index contributed by atoms with van der Waals surface area (Å²) in [6.45, 7) is 2.90. The number of fused-ring (bicyclic) bond motifs is 1. The van der Waals surface area contributed by atoms with E-state index in [9.17, 15) is 0 Å². The monoisotopic (exact) mass is 458 g/mol. The summed E-state index contributed by atoms with van der Waals surface area (Å²) < 4.78 is 6.33. The van der Waals surface area contributed by atoms with Gasteiger partial charge in [0, 0.05) is 54.8 Å². The Bertz CT molecular complexity index is 1140. The number of imidazole rings is 1. The van der Waals surface area contributed by atoms with Crippen LogP contribution in [0.4, 0.5) is 0 Å². The van der Waals surface area contributed by atoms with E-state index in [1.807, 2.05) is 50.2 Å². The Balaban J connectivity index is 1.40. The van der Waals surface area contributed by atoms with E-state index in [2.05, 4.69) is 49.5 Å². The van der Waals surface area contributed by atoms with Gasteiger partial charge in [-0.2, -0.15) is 10.2 Å². The van der Waals surface area contributed by atoms with E-state index in [1.54, 1.807) is 0 Å². The molecule has 0 amide bonds. The molecule has 1 saturated carbocycles. The Morgan fingerprint density at radius 2 is 1.97 bits per heavy atom. The van der Waals surface area contributed by atoms with Crippen molar-refractivity contribution in [3.8, 4) is 0 Å². The van der Waals surface area contributed by atoms with Crippen molar-refractivity contribution in [2.24, 2.45) is 16.8 Å². The first-order valence-corrected chi connectivity index (χ1v) is 12.5. The smallest absolute Gasteiger partial charge is 0.145 e. The molecule has 178 valence electrons. The second kappa shape index (κ2) is 10.1. The van der Waals surface area contributed by atoms with E-state index in [4.69, 9.17) is 4.74 Å². The Morgan fingerprint density at radius 1 is 1.15 bits per heavy atom. The first kappa shape index (κ1) is 22.7. The first-order valence-electron chi connectivity index (χ1n) is 12.5. The van der Waals surface area contributed by atoms with Gasteiger partial charge in [-0.1, -0.05) is 50.8 Å². The molecule has 2 aromatic heterocycles. The molecule has 2 N–H and O–H groups in total.